The molecule has 0 aliphatic heterocycles. The van der Waals surface area contributed by atoms with Gasteiger partial charge in [-0.1, -0.05) is 18.2 Å². The summed E-state index contributed by atoms with van der Waals surface area (Å²) in [5.74, 6) is 0. The van der Waals surface area contributed by atoms with E-state index in [-0.39, 0.29) is 6.04 Å². The van der Waals surface area contributed by atoms with E-state index in [1.807, 2.05) is 30.3 Å². The molecule has 1 aromatic rings. The van der Waals surface area contributed by atoms with Crippen LogP contribution >= 0.6 is 0 Å². The summed E-state index contributed by atoms with van der Waals surface area (Å²) in [6.07, 6.45) is 4.43. The molecule has 0 saturated carbocycles. The minimum Gasteiger partial charge on any atom is -0.359 e. The van der Waals surface area contributed by atoms with Crippen LogP contribution in [0.15, 0.2) is 41.6 Å². The largest absolute Gasteiger partial charge is 0.359 e. The fraction of sp³-hybridized carbons (Fsp3) is 0.308. The summed E-state index contributed by atoms with van der Waals surface area (Å²) in [6.45, 7) is 0. The van der Waals surface area contributed by atoms with Gasteiger partial charge in [0.2, 0.25) is 0 Å². The molecule has 0 heterocycles. The highest BCUT2D eigenvalue weighted by molar-refractivity contribution is 5.80. The number of nitrogens with two attached hydrogens (primary N) is 1. The molecule has 0 radical (unpaired) electrons. The molecule has 1 aromatic carbocycles. The molecule has 1 aliphatic carbocycles. The van der Waals surface area contributed by atoms with Crippen molar-refractivity contribution in [3.63, 3.8) is 0 Å². The van der Waals surface area contributed by atoms with Gasteiger partial charge in [0.25, 0.3) is 0 Å². The molecule has 84 valence electrons. The number of allylic oxidation sites excluding steroid dienone is 1. The smallest absolute Gasteiger partial charge is 0.0381 e. The Morgan fingerprint density at radius 3 is 2.75 bits per heavy atom. The Morgan fingerprint density at radius 1 is 1.31 bits per heavy atom. The van der Waals surface area contributed by atoms with E-state index in [0.717, 1.165) is 36.2 Å². The number of para-hydroxylation sites is 1. The minimum absolute atomic E-state index is 0.0115. The summed E-state index contributed by atoms with van der Waals surface area (Å²) < 4.78 is 0. The molecule has 16 heavy (non-hydrogen) atoms. The second-order valence-electron chi connectivity index (χ2n) is 4.07. The Hall–Kier alpha value is -1.61. The van der Waals surface area contributed by atoms with Crippen molar-refractivity contribution in [1.29, 1.82) is 5.41 Å². The van der Waals surface area contributed by atoms with E-state index in [1.54, 1.807) is 0 Å². The topological polar surface area (TPSA) is 61.9 Å². The number of hydrogen-bond acceptors (Lipinski definition) is 3. The quantitative estimate of drug-likeness (QED) is 0.678. The second-order valence-corrected chi connectivity index (χ2v) is 4.07. The highest BCUT2D eigenvalue weighted by atomic mass is 14.9. The van der Waals surface area contributed by atoms with Gasteiger partial charge in [-0.3, -0.25) is 0 Å². The lowest BCUT2D eigenvalue weighted by molar-refractivity contribution is 0.614. The van der Waals surface area contributed by atoms with Crippen molar-refractivity contribution in [3.05, 3.63) is 41.6 Å². The lowest BCUT2D eigenvalue weighted by Crippen LogP contribution is -2.29. The molecule has 3 nitrogen and oxygen atoms in total. The van der Waals surface area contributed by atoms with Crippen LogP contribution in [-0.2, 0) is 0 Å². The zero-order valence-corrected chi connectivity index (χ0v) is 9.24. The van der Waals surface area contributed by atoms with Crippen LogP contribution in [0.4, 0.5) is 5.69 Å². The SMILES string of the molecule is N=CC1=C(Nc2ccccc2)CCCC1N. The first-order valence-corrected chi connectivity index (χ1v) is 5.62. The van der Waals surface area contributed by atoms with Gasteiger partial charge in [0.15, 0.2) is 0 Å². The first kappa shape index (κ1) is 10.9. The molecule has 4 N–H and O–H groups in total. The van der Waals surface area contributed by atoms with Gasteiger partial charge in [-0.25, -0.2) is 0 Å². The van der Waals surface area contributed by atoms with E-state index in [1.165, 1.54) is 6.21 Å². The average molecular weight is 215 g/mol. The molecule has 1 unspecified atom stereocenters. The van der Waals surface area contributed by atoms with Gasteiger partial charge in [0.1, 0.15) is 0 Å². The first-order valence-electron chi connectivity index (χ1n) is 5.62. The molecule has 0 fully saturated rings. The third kappa shape index (κ3) is 2.31. The summed E-state index contributed by atoms with van der Waals surface area (Å²) in [7, 11) is 0. The van der Waals surface area contributed by atoms with E-state index in [9.17, 15) is 0 Å². The van der Waals surface area contributed by atoms with Gasteiger partial charge in [0.05, 0.1) is 0 Å². The lowest BCUT2D eigenvalue weighted by atomic mass is 9.92. The van der Waals surface area contributed by atoms with Gasteiger partial charge >= 0.3 is 0 Å². The van der Waals surface area contributed by atoms with Crippen molar-refractivity contribution >= 4 is 11.9 Å². The first-order chi connectivity index (χ1) is 7.81. The Bertz CT molecular complexity index is 395. The third-order valence-corrected chi connectivity index (χ3v) is 2.91. The van der Waals surface area contributed by atoms with Crippen molar-refractivity contribution in [3.8, 4) is 0 Å². The molecule has 0 amide bonds. The molecule has 0 aromatic heterocycles. The summed E-state index contributed by atoms with van der Waals surface area (Å²) in [5.41, 5.74) is 9.08. The fourth-order valence-corrected chi connectivity index (χ4v) is 2.05. The van der Waals surface area contributed by atoms with Crippen molar-refractivity contribution in [2.75, 3.05) is 5.32 Å². The molecule has 1 aliphatic rings. The Morgan fingerprint density at radius 2 is 2.06 bits per heavy atom. The Kier molecular flexibility index (Phi) is 3.37. The zero-order valence-electron chi connectivity index (χ0n) is 9.24. The molecular formula is C13H17N3. The predicted octanol–water partition coefficient (Wildman–Crippen LogP) is 2.51. The van der Waals surface area contributed by atoms with Crippen LogP contribution in [0.1, 0.15) is 19.3 Å². The van der Waals surface area contributed by atoms with E-state index >= 15 is 0 Å². The Balaban J connectivity index is 2.22. The monoisotopic (exact) mass is 215 g/mol. The van der Waals surface area contributed by atoms with Crippen molar-refractivity contribution < 1.29 is 0 Å². The van der Waals surface area contributed by atoms with Crippen LogP contribution in [0.25, 0.3) is 0 Å². The number of anilines is 1. The summed E-state index contributed by atoms with van der Waals surface area (Å²) >= 11 is 0. The van der Waals surface area contributed by atoms with Crippen LogP contribution in [0.5, 0.6) is 0 Å². The van der Waals surface area contributed by atoms with Crippen molar-refractivity contribution in [2.45, 2.75) is 25.3 Å². The lowest BCUT2D eigenvalue weighted by Gasteiger charge is -2.24. The van der Waals surface area contributed by atoms with Crippen LogP contribution in [-0.4, -0.2) is 12.3 Å². The van der Waals surface area contributed by atoms with Crippen LogP contribution < -0.4 is 11.1 Å². The van der Waals surface area contributed by atoms with E-state index < -0.39 is 0 Å². The normalized spacial score (nSPS) is 20.7. The molecule has 0 saturated heterocycles. The number of hydrogen-bond donors (Lipinski definition) is 3. The fourth-order valence-electron chi connectivity index (χ4n) is 2.05. The van der Waals surface area contributed by atoms with E-state index in [4.69, 9.17) is 11.1 Å². The van der Waals surface area contributed by atoms with Gasteiger partial charge in [0, 0.05) is 29.2 Å². The number of nitrogens with one attached hydrogen (secondary N) is 2. The number of benzene rings is 1. The van der Waals surface area contributed by atoms with E-state index in [0.29, 0.717) is 0 Å². The van der Waals surface area contributed by atoms with Gasteiger partial charge in [-0.05, 0) is 31.4 Å². The average Bonchev–Trinajstić information content (AvgIpc) is 2.31. The summed E-state index contributed by atoms with van der Waals surface area (Å²) in [6, 6.07) is 10.0. The zero-order chi connectivity index (χ0) is 11.4. The standard InChI is InChI=1S/C13H17N3/c14-9-11-12(15)7-4-8-13(11)16-10-5-2-1-3-6-10/h1-3,5-6,9,12,14,16H,4,7-8,15H2. The van der Waals surface area contributed by atoms with Crippen LogP contribution in [0, 0.1) is 5.41 Å². The van der Waals surface area contributed by atoms with Gasteiger partial charge in [-0.2, -0.15) is 0 Å². The summed E-state index contributed by atoms with van der Waals surface area (Å²) in [4.78, 5) is 0. The number of rotatable bonds is 3. The van der Waals surface area contributed by atoms with Crippen LogP contribution in [0.2, 0.25) is 0 Å². The van der Waals surface area contributed by atoms with E-state index in [2.05, 4.69) is 5.32 Å². The van der Waals surface area contributed by atoms with Crippen molar-refractivity contribution in [2.24, 2.45) is 5.73 Å². The minimum atomic E-state index is 0.0115. The molecule has 0 bridgehead atoms. The molecular weight excluding hydrogens is 198 g/mol. The highest BCUT2D eigenvalue weighted by Gasteiger charge is 2.18. The maximum atomic E-state index is 7.42. The van der Waals surface area contributed by atoms with Gasteiger partial charge in [-0.15, -0.1) is 0 Å². The summed E-state index contributed by atoms with van der Waals surface area (Å²) in [5, 5.41) is 10.8. The maximum Gasteiger partial charge on any atom is 0.0381 e. The molecule has 3 heteroatoms. The highest BCUT2D eigenvalue weighted by Crippen LogP contribution is 2.24. The second kappa shape index (κ2) is 4.94. The Labute approximate surface area is 95.9 Å². The van der Waals surface area contributed by atoms with Crippen molar-refractivity contribution in [1.82, 2.24) is 0 Å². The third-order valence-electron chi connectivity index (χ3n) is 2.91. The maximum absolute atomic E-state index is 7.42. The predicted molar refractivity (Wildman–Crippen MR) is 67.7 cm³/mol. The molecule has 2 rings (SSSR count). The molecule has 0 spiro atoms. The van der Waals surface area contributed by atoms with Crippen LogP contribution in [0.3, 0.4) is 0 Å². The van der Waals surface area contributed by atoms with Gasteiger partial charge < -0.3 is 16.5 Å². The molecule has 1 atom stereocenters.